The molecule has 0 saturated carbocycles. The first kappa shape index (κ1) is 26.1. The molecular formula is C21H36FIN4O2. The van der Waals surface area contributed by atoms with E-state index >= 15 is 0 Å². The molecule has 0 amide bonds. The van der Waals surface area contributed by atoms with Gasteiger partial charge in [0.2, 0.25) is 0 Å². The molecular weight excluding hydrogens is 486 g/mol. The van der Waals surface area contributed by atoms with Gasteiger partial charge < -0.3 is 25.0 Å². The molecule has 2 rings (SSSR count). The molecule has 1 aliphatic heterocycles. The average Bonchev–Trinajstić information content (AvgIpc) is 2.69. The van der Waals surface area contributed by atoms with Gasteiger partial charge in [0.05, 0.1) is 6.04 Å². The third kappa shape index (κ3) is 10.1. The Morgan fingerprint density at radius 3 is 2.72 bits per heavy atom. The summed E-state index contributed by atoms with van der Waals surface area (Å²) >= 11 is 0. The van der Waals surface area contributed by atoms with Gasteiger partial charge in [0.25, 0.3) is 0 Å². The van der Waals surface area contributed by atoms with E-state index in [9.17, 15) is 4.39 Å². The van der Waals surface area contributed by atoms with Gasteiger partial charge in [-0.05, 0) is 57.0 Å². The van der Waals surface area contributed by atoms with E-state index in [4.69, 9.17) is 9.47 Å². The van der Waals surface area contributed by atoms with Gasteiger partial charge in [-0.3, -0.25) is 4.99 Å². The van der Waals surface area contributed by atoms with Crippen LogP contribution in [0, 0.1) is 11.7 Å². The number of hydrogen-bond donors (Lipinski definition) is 2. The number of ether oxygens (including phenoxy) is 2. The highest BCUT2D eigenvalue weighted by atomic mass is 127. The minimum Gasteiger partial charge on any atom is -0.381 e. The second-order valence-corrected chi connectivity index (χ2v) is 7.40. The Balaban J connectivity index is 0.00000420. The standard InChI is InChI=1S/C21H35FN4O2.HI/c1-23-21(24-10-5-11-28-16-17-8-12-27-13-9-17)25-15-20(26(2)3)18-6-4-7-19(22)14-18;/h4,6-7,14,17,20H,5,8-13,15-16H2,1-3H3,(H2,23,24,25);1H. The molecule has 2 N–H and O–H groups in total. The van der Waals surface area contributed by atoms with Crippen LogP contribution in [0.5, 0.6) is 0 Å². The van der Waals surface area contributed by atoms with Gasteiger partial charge in [0, 0.05) is 46.6 Å². The summed E-state index contributed by atoms with van der Waals surface area (Å²) < 4.78 is 24.7. The number of guanidine groups is 1. The zero-order valence-corrected chi connectivity index (χ0v) is 20.2. The first-order valence-corrected chi connectivity index (χ1v) is 10.1. The van der Waals surface area contributed by atoms with Crippen LogP contribution in [0.2, 0.25) is 0 Å². The molecule has 1 aromatic rings. The van der Waals surface area contributed by atoms with Crippen molar-refractivity contribution in [1.29, 1.82) is 0 Å². The molecule has 0 spiro atoms. The van der Waals surface area contributed by atoms with Crippen molar-refractivity contribution in [3.8, 4) is 0 Å². The minimum absolute atomic E-state index is 0. The summed E-state index contributed by atoms with van der Waals surface area (Å²) in [6, 6.07) is 6.79. The smallest absolute Gasteiger partial charge is 0.191 e. The number of rotatable bonds is 10. The van der Waals surface area contributed by atoms with Crippen LogP contribution in [0.15, 0.2) is 29.3 Å². The molecule has 1 aromatic carbocycles. The van der Waals surface area contributed by atoms with Crippen molar-refractivity contribution < 1.29 is 13.9 Å². The number of nitrogens with zero attached hydrogens (tertiary/aromatic N) is 2. The SMILES string of the molecule is CN=C(NCCCOCC1CCOCC1)NCC(c1cccc(F)c1)N(C)C.I. The molecule has 29 heavy (non-hydrogen) atoms. The van der Waals surface area contributed by atoms with Crippen LogP contribution < -0.4 is 10.6 Å². The van der Waals surface area contributed by atoms with Crippen molar-refractivity contribution >= 4 is 29.9 Å². The van der Waals surface area contributed by atoms with Crippen molar-refractivity contribution in [2.24, 2.45) is 10.9 Å². The molecule has 166 valence electrons. The van der Waals surface area contributed by atoms with Crippen LogP contribution in [0.4, 0.5) is 4.39 Å². The van der Waals surface area contributed by atoms with E-state index in [-0.39, 0.29) is 35.8 Å². The van der Waals surface area contributed by atoms with Crippen LogP contribution >= 0.6 is 24.0 Å². The fourth-order valence-electron chi connectivity index (χ4n) is 3.27. The molecule has 0 radical (unpaired) electrons. The van der Waals surface area contributed by atoms with Gasteiger partial charge in [-0.25, -0.2) is 4.39 Å². The van der Waals surface area contributed by atoms with Crippen molar-refractivity contribution in [1.82, 2.24) is 15.5 Å². The summed E-state index contributed by atoms with van der Waals surface area (Å²) in [6.45, 7) is 4.72. The summed E-state index contributed by atoms with van der Waals surface area (Å²) in [5.74, 6) is 1.17. The second kappa shape index (κ2) is 14.9. The molecule has 1 unspecified atom stereocenters. The maximum atomic E-state index is 13.6. The summed E-state index contributed by atoms with van der Waals surface area (Å²) in [5, 5.41) is 6.64. The van der Waals surface area contributed by atoms with E-state index in [1.807, 2.05) is 20.2 Å². The number of hydrogen-bond acceptors (Lipinski definition) is 4. The van der Waals surface area contributed by atoms with Crippen LogP contribution in [-0.2, 0) is 9.47 Å². The normalized spacial score (nSPS) is 16.4. The van der Waals surface area contributed by atoms with E-state index in [0.717, 1.165) is 63.8 Å². The van der Waals surface area contributed by atoms with Gasteiger partial charge in [0.15, 0.2) is 5.96 Å². The number of likely N-dealkylation sites (N-methyl/N-ethyl adjacent to an activating group) is 1. The lowest BCUT2D eigenvalue weighted by atomic mass is 10.0. The van der Waals surface area contributed by atoms with Gasteiger partial charge in [-0.1, -0.05) is 12.1 Å². The highest BCUT2D eigenvalue weighted by molar-refractivity contribution is 14.0. The molecule has 1 fully saturated rings. The molecule has 1 saturated heterocycles. The number of halogens is 2. The fraction of sp³-hybridized carbons (Fsp3) is 0.667. The van der Waals surface area contributed by atoms with Crippen LogP contribution in [0.1, 0.15) is 30.9 Å². The van der Waals surface area contributed by atoms with Crippen LogP contribution in [0.25, 0.3) is 0 Å². The van der Waals surface area contributed by atoms with Crippen molar-refractivity contribution in [2.45, 2.75) is 25.3 Å². The van der Waals surface area contributed by atoms with Gasteiger partial charge >= 0.3 is 0 Å². The lowest BCUT2D eigenvalue weighted by Gasteiger charge is -2.26. The first-order chi connectivity index (χ1) is 13.6. The number of benzene rings is 1. The second-order valence-electron chi connectivity index (χ2n) is 7.40. The highest BCUT2D eigenvalue weighted by Crippen LogP contribution is 2.18. The van der Waals surface area contributed by atoms with Crippen molar-refractivity contribution in [3.63, 3.8) is 0 Å². The maximum Gasteiger partial charge on any atom is 0.191 e. The first-order valence-electron chi connectivity index (χ1n) is 10.1. The Hall–Kier alpha value is -0.970. The molecule has 1 atom stereocenters. The summed E-state index contributed by atoms with van der Waals surface area (Å²) in [7, 11) is 5.73. The Morgan fingerprint density at radius 2 is 2.07 bits per heavy atom. The van der Waals surface area contributed by atoms with E-state index in [1.165, 1.54) is 6.07 Å². The molecule has 0 aromatic heterocycles. The zero-order valence-electron chi connectivity index (χ0n) is 17.8. The third-order valence-corrected chi connectivity index (χ3v) is 5.00. The lowest BCUT2D eigenvalue weighted by Crippen LogP contribution is -2.42. The van der Waals surface area contributed by atoms with Crippen molar-refractivity contribution in [3.05, 3.63) is 35.6 Å². The maximum absolute atomic E-state index is 13.6. The number of aliphatic imine (C=N–C) groups is 1. The van der Waals surface area contributed by atoms with E-state index < -0.39 is 0 Å². The van der Waals surface area contributed by atoms with Gasteiger partial charge in [0.1, 0.15) is 5.82 Å². The van der Waals surface area contributed by atoms with Crippen molar-refractivity contribution in [2.75, 3.05) is 60.7 Å². The quantitative estimate of drug-likeness (QED) is 0.214. The van der Waals surface area contributed by atoms with Crippen LogP contribution in [-0.4, -0.2) is 71.5 Å². The summed E-state index contributed by atoms with van der Waals surface area (Å²) in [4.78, 5) is 6.34. The van der Waals surface area contributed by atoms with E-state index in [2.05, 4.69) is 20.5 Å². The van der Waals surface area contributed by atoms with E-state index in [0.29, 0.717) is 12.5 Å². The fourth-order valence-corrected chi connectivity index (χ4v) is 3.27. The molecule has 1 heterocycles. The monoisotopic (exact) mass is 522 g/mol. The molecule has 6 nitrogen and oxygen atoms in total. The number of nitrogens with one attached hydrogen (secondary N) is 2. The Kier molecular flexibility index (Phi) is 13.4. The topological polar surface area (TPSA) is 58.1 Å². The predicted octanol–water partition coefficient (Wildman–Crippen LogP) is 3.04. The predicted molar refractivity (Wildman–Crippen MR) is 127 cm³/mol. The largest absolute Gasteiger partial charge is 0.381 e. The molecule has 8 heteroatoms. The zero-order chi connectivity index (χ0) is 20.2. The van der Waals surface area contributed by atoms with Gasteiger partial charge in [-0.15, -0.1) is 24.0 Å². The van der Waals surface area contributed by atoms with Crippen LogP contribution in [0.3, 0.4) is 0 Å². The summed E-state index contributed by atoms with van der Waals surface area (Å²) in [5.41, 5.74) is 0.939. The highest BCUT2D eigenvalue weighted by Gasteiger charge is 2.15. The summed E-state index contributed by atoms with van der Waals surface area (Å²) in [6.07, 6.45) is 3.13. The molecule has 1 aliphatic rings. The van der Waals surface area contributed by atoms with Gasteiger partial charge in [-0.2, -0.15) is 0 Å². The Bertz CT molecular complexity index is 598. The average molecular weight is 522 g/mol. The molecule has 0 aliphatic carbocycles. The molecule has 0 bridgehead atoms. The van der Waals surface area contributed by atoms with E-state index in [1.54, 1.807) is 19.2 Å². The third-order valence-electron chi connectivity index (χ3n) is 5.00. The minimum atomic E-state index is -0.215. The lowest BCUT2D eigenvalue weighted by molar-refractivity contribution is 0.0203. The Morgan fingerprint density at radius 1 is 1.31 bits per heavy atom. The Labute approximate surface area is 191 Å².